The molecule has 3 nitrogen and oxygen atoms in total. The van der Waals surface area contributed by atoms with Crippen molar-refractivity contribution in [3.05, 3.63) is 64.7 Å². The molecule has 4 heteroatoms. The standard InChI is InChI=1S/C20H20ClNO2/c1-23-17-10-9-12(11-18(17)24-2)19-14-6-3-5-13(14)15-7-4-8-16(21)20(15)22-19/h3-5,7-11,13-14,19,22H,6H2,1-2H3. The zero-order valence-corrected chi connectivity index (χ0v) is 14.5. The molecule has 0 amide bonds. The van der Waals surface area contributed by atoms with E-state index in [9.17, 15) is 0 Å². The maximum absolute atomic E-state index is 6.46. The van der Waals surface area contributed by atoms with Crippen LogP contribution in [0.1, 0.15) is 29.5 Å². The SMILES string of the molecule is COc1ccc(C2Nc3c(Cl)cccc3C3C=CCC32)cc1OC. The van der Waals surface area contributed by atoms with Gasteiger partial charge in [0.25, 0.3) is 0 Å². The minimum atomic E-state index is 0.192. The molecule has 0 bridgehead atoms. The maximum atomic E-state index is 6.46. The van der Waals surface area contributed by atoms with Crippen LogP contribution in [-0.4, -0.2) is 14.2 Å². The highest BCUT2D eigenvalue weighted by molar-refractivity contribution is 6.33. The number of rotatable bonds is 3. The highest BCUT2D eigenvalue weighted by Crippen LogP contribution is 2.51. The van der Waals surface area contributed by atoms with Crippen molar-refractivity contribution in [1.29, 1.82) is 0 Å². The van der Waals surface area contributed by atoms with Crippen molar-refractivity contribution in [2.24, 2.45) is 5.92 Å². The summed E-state index contributed by atoms with van der Waals surface area (Å²) in [4.78, 5) is 0. The molecule has 3 atom stereocenters. The van der Waals surface area contributed by atoms with Crippen LogP contribution in [-0.2, 0) is 0 Å². The molecule has 1 N–H and O–H groups in total. The topological polar surface area (TPSA) is 30.5 Å². The number of nitrogens with one attached hydrogen (secondary N) is 1. The molecule has 124 valence electrons. The van der Waals surface area contributed by atoms with Gasteiger partial charge in [0.15, 0.2) is 11.5 Å². The van der Waals surface area contributed by atoms with Crippen LogP contribution in [0.3, 0.4) is 0 Å². The van der Waals surface area contributed by atoms with Crippen molar-refractivity contribution in [3.8, 4) is 11.5 Å². The van der Waals surface area contributed by atoms with Gasteiger partial charge >= 0.3 is 0 Å². The van der Waals surface area contributed by atoms with Crippen LogP contribution in [0, 0.1) is 5.92 Å². The van der Waals surface area contributed by atoms with Crippen molar-refractivity contribution in [3.63, 3.8) is 0 Å². The molecule has 1 aliphatic carbocycles. The van der Waals surface area contributed by atoms with Crippen molar-refractivity contribution in [2.45, 2.75) is 18.4 Å². The lowest BCUT2D eigenvalue weighted by Gasteiger charge is -2.38. The summed E-state index contributed by atoms with van der Waals surface area (Å²) >= 11 is 6.46. The van der Waals surface area contributed by atoms with Crippen LogP contribution >= 0.6 is 11.6 Å². The first-order valence-electron chi connectivity index (χ1n) is 8.16. The second-order valence-electron chi connectivity index (χ2n) is 6.29. The summed E-state index contributed by atoms with van der Waals surface area (Å²) in [7, 11) is 3.32. The zero-order chi connectivity index (χ0) is 16.7. The van der Waals surface area contributed by atoms with E-state index in [0.29, 0.717) is 11.8 Å². The molecular weight excluding hydrogens is 322 g/mol. The van der Waals surface area contributed by atoms with Crippen LogP contribution in [0.15, 0.2) is 48.6 Å². The van der Waals surface area contributed by atoms with Crippen LogP contribution in [0.4, 0.5) is 5.69 Å². The van der Waals surface area contributed by atoms with E-state index in [4.69, 9.17) is 21.1 Å². The molecule has 0 spiro atoms. The van der Waals surface area contributed by atoms with Gasteiger partial charge in [-0.05, 0) is 41.7 Å². The number of methoxy groups -OCH3 is 2. The van der Waals surface area contributed by atoms with Gasteiger partial charge in [-0.3, -0.25) is 0 Å². The molecule has 24 heavy (non-hydrogen) atoms. The molecule has 0 saturated heterocycles. The number of allylic oxidation sites excluding steroid dienone is 2. The van der Waals surface area contributed by atoms with E-state index in [1.165, 1.54) is 11.1 Å². The minimum Gasteiger partial charge on any atom is -0.493 e. The molecule has 0 radical (unpaired) electrons. The Hall–Kier alpha value is -2.13. The van der Waals surface area contributed by atoms with Crippen molar-refractivity contribution >= 4 is 17.3 Å². The minimum absolute atomic E-state index is 0.192. The molecule has 3 unspecified atom stereocenters. The number of benzene rings is 2. The number of halogens is 1. The number of anilines is 1. The average molecular weight is 342 g/mol. The third-order valence-corrected chi connectivity index (χ3v) is 5.43. The lowest BCUT2D eigenvalue weighted by atomic mass is 9.77. The Labute approximate surface area is 147 Å². The number of ether oxygens (including phenoxy) is 2. The number of para-hydroxylation sites is 1. The summed E-state index contributed by atoms with van der Waals surface area (Å²) in [6.45, 7) is 0. The zero-order valence-electron chi connectivity index (χ0n) is 13.8. The van der Waals surface area contributed by atoms with Gasteiger partial charge in [0, 0.05) is 5.92 Å². The maximum Gasteiger partial charge on any atom is 0.161 e. The van der Waals surface area contributed by atoms with Crippen molar-refractivity contribution in [2.75, 3.05) is 19.5 Å². The van der Waals surface area contributed by atoms with Crippen LogP contribution in [0.5, 0.6) is 11.5 Å². The van der Waals surface area contributed by atoms with Gasteiger partial charge in [-0.15, -0.1) is 0 Å². The largest absolute Gasteiger partial charge is 0.493 e. The lowest BCUT2D eigenvalue weighted by molar-refractivity contribution is 0.353. The Morgan fingerprint density at radius 1 is 1.08 bits per heavy atom. The number of hydrogen-bond donors (Lipinski definition) is 1. The molecular formula is C20H20ClNO2. The first-order valence-corrected chi connectivity index (χ1v) is 8.54. The Morgan fingerprint density at radius 2 is 1.92 bits per heavy atom. The summed E-state index contributed by atoms with van der Waals surface area (Å²) in [5.41, 5.74) is 3.53. The fourth-order valence-corrected chi connectivity index (χ4v) is 4.20. The first-order chi connectivity index (χ1) is 11.7. The van der Waals surface area contributed by atoms with Crippen molar-refractivity contribution in [1.82, 2.24) is 0 Å². The van der Waals surface area contributed by atoms with Crippen LogP contribution < -0.4 is 14.8 Å². The molecule has 0 fully saturated rings. The Balaban J connectivity index is 1.78. The summed E-state index contributed by atoms with van der Waals surface area (Å²) in [6.07, 6.45) is 5.65. The Kier molecular flexibility index (Phi) is 3.89. The Morgan fingerprint density at radius 3 is 2.71 bits per heavy atom. The summed E-state index contributed by atoms with van der Waals surface area (Å²) < 4.78 is 10.8. The lowest BCUT2D eigenvalue weighted by Crippen LogP contribution is -2.29. The van der Waals surface area contributed by atoms with E-state index >= 15 is 0 Å². The predicted molar refractivity (Wildman–Crippen MR) is 97.3 cm³/mol. The highest BCUT2D eigenvalue weighted by atomic mass is 35.5. The van der Waals surface area contributed by atoms with E-state index < -0.39 is 0 Å². The van der Waals surface area contributed by atoms with Crippen LogP contribution in [0.2, 0.25) is 5.02 Å². The average Bonchev–Trinajstić information content (AvgIpc) is 3.11. The first kappa shape index (κ1) is 15.4. The fraction of sp³-hybridized carbons (Fsp3) is 0.300. The van der Waals surface area contributed by atoms with Crippen molar-refractivity contribution < 1.29 is 9.47 Å². The van der Waals surface area contributed by atoms with Gasteiger partial charge in [-0.2, -0.15) is 0 Å². The molecule has 1 aliphatic heterocycles. The molecule has 1 heterocycles. The second-order valence-corrected chi connectivity index (χ2v) is 6.70. The smallest absolute Gasteiger partial charge is 0.161 e. The number of fused-ring (bicyclic) bond motifs is 3. The molecule has 0 aromatic heterocycles. The van der Waals surface area contributed by atoms with E-state index in [0.717, 1.165) is 28.6 Å². The van der Waals surface area contributed by atoms with E-state index in [2.05, 4.69) is 35.7 Å². The van der Waals surface area contributed by atoms with Gasteiger partial charge < -0.3 is 14.8 Å². The third kappa shape index (κ3) is 2.35. The third-order valence-electron chi connectivity index (χ3n) is 5.11. The highest BCUT2D eigenvalue weighted by Gasteiger charge is 2.38. The van der Waals surface area contributed by atoms with E-state index in [-0.39, 0.29) is 6.04 Å². The van der Waals surface area contributed by atoms with Gasteiger partial charge in [-0.1, -0.05) is 42.0 Å². The monoisotopic (exact) mass is 341 g/mol. The predicted octanol–water partition coefficient (Wildman–Crippen LogP) is 5.18. The summed E-state index contributed by atoms with van der Waals surface area (Å²) in [5, 5.41) is 4.45. The molecule has 2 aromatic rings. The van der Waals surface area contributed by atoms with Gasteiger partial charge in [-0.25, -0.2) is 0 Å². The molecule has 2 aromatic carbocycles. The second kappa shape index (κ2) is 6.06. The van der Waals surface area contributed by atoms with Gasteiger partial charge in [0.1, 0.15) is 0 Å². The van der Waals surface area contributed by atoms with E-state index in [1.54, 1.807) is 14.2 Å². The van der Waals surface area contributed by atoms with Gasteiger partial charge in [0.2, 0.25) is 0 Å². The van der Waals surface area contributed by atoms with Crippen LogP contribution in [0.25, 0.3) is 0 Å². The number of hydrogen-bond acceptors (Lipinski definition) is 3. The normalized spacial score (nSPS) is 24.0. The quantitative estimate of drug-likeness (QED) is 0.780. The molecule has 4 rings (SSSR count). The summed E-state index contributed by atoms with van der Waals surface area (Å²) in [6, 6.07) is 12.5. The fourth-order valence-electron chi connectivity index (χ4n) is 3.96. The molecule has 2 aliphatic rings. The molecule has 0 saturated carbocycles. The Bertz CT molecular complexity index is 802. The van der Waals surface area contributed by atoms with E-state index in [1.807, 2.05) is 18.2 Å². The van der Waals surface area contributed by atoms with Gasteiger partial charge in [0.05, 0.1) is 31.0 Å². The summed E-state index contributed by atoms with van der Waals surface area (Å²) in [5.74, 6) is 2.38.